The number of anilines is 2. The van der Waals surface area contributed by atoms with Gasteiger partial charge >= 0.3 is 12.6 Å². The van der Waals surface area contributed by atoms with Crippen LogP contribution in [0.15, 0.2) is 58.5 Å². The number of thiazole rings is 1. The number of esters is 1. The van der Waals surface area contributed by atoms with E-state index in [1.165, 1.54) is 53.5 Å². The number of amides is 1. The molecule has 2 heterocycles. The van der Waals surface area contributed by atoms with E-state index in [1.807, 2.05) is 32.0 Å². The molecule has 0 saturated heterocycles. The van der Waals surface area contributed by atoms with Gasteiger partial charge in [0, 0.05) is 17.9 Å². The van der Waals surface area contributed by atoms with Crippen LogP contribution in [0.1, 0.15) is 29.3 Å². The molecular weight excluding hydrogens is 464 g/mol. The first-order valence-electron chi connectivity index (χ1n) is 10.1. The molecule has 0 N–H and O–H groups in total. The Morgan fingerprint density at radius 2 is 1.91 bits per heavy atom. The summed E-state index contributed by atoms with van der Waals surface area (Å²) in [5.74, 6) is -0.845. The Morgan fingerprint density at radius 1 is 1.18 bits per heavy atom. The minimum Gasteiger partial charge on any atom is -0.435 e. The van der Waals surface area contributed by atoms with Crippen molar-refractivity contribution in [3.63, 3.8) is 0 Å². The number of cyclic esters (lactones) is 1. The minimum atomic E-state index is -2.93. The second kappa shape index (κ2) is 9.52. The molecule has 0 atom stereocenters. The number of aliphatic imine (C=N–C) groups is 1. The van der Waals surface area contributed by atoms with Crippen molar-refractivity contribution in [3.8, 4) is 5.75 Å². The molecule has 1 amide bonds. The van der Waals surface area contributed by atoms with Gasteiger partial charge in [0.1, 0.15) is 5.75 Å². The lowest BCUT2D eigenvalue weighted by Crippen LogP contribution is -2.23. The first kappa shape index (κ1) is 23.2. The Hall–Kier alpha value is -3.92. The maximum atomic E-state index is 12.4. The average molecular weight is 483 g/mol. The van der Waals surface area contributed by atoms with Gasteiger partial charge in [0.2, 0.25) is 11.8 Å². The Morgan fingerprint density at radius 3 is 2.59 bits per heavy atom. The summed E-state index contributed by atoms with van der Waals surface area (Å²) in [6, 6.07) is 11.3. The van der Waals surface area contributed by atoms with Gasteiger partial charge in [0.25, 0.3) is 0 Å². The fourth-order valence-corrected chi connectivity index (χ4v) is 4.12. The second-order valence-corrected chi connectivity index (χ2v) is 8.20. The Labute approximate surface area is 198 Å². The first-order valence-corrected chi connectivity index (χ1v) is 11.0. The van der Waals surface area contributed by atoms with Gasteiger partial charge in [-0.2, -0.15) is 8.78 Å². The molecule has 4 rings (SSSR count). The van der Waals surface area contributed by atoms with E-state index in [-0.39, 0.29) is 23.3 Å². The van der Waals surface area contributed by atoms with Gasteiger partial charge in [-0.3, -0.25) is 9.69 Å². The van der Waals surface area contributed by atoms with Crippen LogP contribution in [0.25, 0.3) is 6.08 Å². The van der Waals surface area contributed by atoms with Crippen molar-refractivity contribution in [2.45, 2.75) is 27.4 Å². The molecule has 10 heteroatoms. The van der Waals surface area contributed by atoms with E-state index in [9.17, 15) is 18.4 Å². The Balaban J connectivity index is 1.59. The van der Waals surface area contributed by atoms with Gasteiger partial charge in [-0.05, 0) is 61.4 Å². The van der Waals surface area contributed by atoms with Crippen LogP contribution in [-0.4, -0.2) is 29.4 Å². The summed E-state index contributed by atoms with van der Waals surface area (Å²) in [4.78, 5) is 35.0. The summed E-state index contributed by atoms with van der Waals surface area (Å²) in [7, 11) is 0. The summed E-state index contributed by atoms with van der Waals surface area (Å²) in [5.41, 5.74) is 3.64. The number of nitrogens with zero attached hydrogens (tertiary/aromatic N) is 3. The highest BCUT2D eigenvalue weighted by Crippen LogP contribution is 2.33. The quantitative estimate of drug-likeness (QED) is 0.347. The molecule has 1 aliphatic rings. The van der Waals surface area contributed by atoms with Crippen molar-refractivity contribution in [1.82, 2.24) is 4.98 Å². The van der Waals surface area contributed by atoms with E-state index < -0.39 is 12.6 Å². The van der Waals surface area contributed by atoms with Crippen molar-refractivity contribution in [3.05, 3.63) is 75.9 Å². The van der Waals surface area contributed by atoms with Crippen LogP contribution >= 0.6 is 11.3 Å². The zero-order chi connectivity index (χ0) is 24.4. The zero-order valence-corrected chi connectivity index (χ0v) is 19.2. The van der Waals surface area contributed by atoms with Gasteiger partial charge < -0.3 is 9.47 Å². The third-order valence-electron chi connectivity index (χ3n) is 5.06. The Kier molecular flexibility index (Phi) is 6.51. The Bertz CT molecular complexity index is 1320. The summed E-state index contributed by atoms with van der Waals surface area (Å²) in [6.07, 6.45) is 1.46. The van der Waals surface area contributed by atoms with Gasteiger partial charge in [0.15, 0.2) is 10.8 Å². The summed E-state index contributed by atoms with van der Waals surface area (Å²) in [6.45, 7) is 2.44. The zero-order valence-electron chi connectivity index (χ0n) is 18.4. The van der Waals surface area contributed by atoms with Crippen molar-refractivity contribution in [2.24, 2.45) is 4.99 Å². The molecule has 1 aliphatic heterocycles. The summed E-state index contributed by atoms with van der Waals surface area (Å²) in [5, 5.41) is 2.17. The summed E-state index contributed by atoms with van der Waals surface area (Å²) < 4.78 is 34.1. The van der Waals surface area contributed by atoms with E-state index in [4.69, 9.17) is 4.74 Å². The monoisotopic (exact) mass is 483 g/mol. The number of hydrogen-bond donors (Lipinski definition) is 0. The van der Waals surface area contributed by atoms with Gasteiger partial charge in [-0.15, -0.1) is 11.3 Å². The molecule has 1 aromatic heterocycles. The third-order valence-corrected chi connectivity index (χ3v) is 5.91. The van der Waals surface area contributed by atoms with Crippen molar-refractivity contribution >= 4 is 46.0 Å². The highest BCUT2D eigenvalue weighted by Gasteiger charge is 2.25. The second-order valence-electron chi connectivity index (χ2n) is 7.37. The van der Waals surface area contributed by atoms with Gasteiger partial charge in [-0.25, -0.2) is 14.8 Å². The number of hydrogen-bond acceptors (Lipinski definition) is 7. The molecule has 0 fully saturated rings. The number of carbonyl (C=O) groups excluding carboxylic acids is 2. The molecule has 0 radical (unpaired) electrons. The van der Waals surface area contributed by atoms with E-state index in [2.05, 4.69) is 14.7 Å². The molecule has 0 unspecified atom stereocenters. The number of rotatable bonds is 6. The number of ether oxygens (including phenoxy) is 2. The number of halogens is 2. The van der Waals surface area contributed by atoms with Gasteiger partial charge in [-0.1, -0.05) is 12.1 Å². The fraction of sp³-hybridized carbons (Fsp3) is 0.167. The van der Waals surface area contributed by atoms with Crippen molar-refractivity contribution in [1.29, 1.82) is 0 Å². The lowest BCUT2D eigenvalue weighted by molar-refractivity contribution is -0.130. The molecule has 0 aliphatic carbocycles. The number of benzene rings is 2. The molecular formula is C24H19F2N3O4S. The predicted molar refractivity (Wildman–Crippen MR) is 125 cm³/mol. The lowest BCUT2D eigenvalue weighted by atomic mass is 10.1. The van der Waals surface area contributed by atoms with E-state index in [1.54, 1.807) is 5.38 Å². The van der Waals surface area contributed by atoms with Crippen LogP contribution in [-0.2, 0) is 14.3 Å². The number of carbonyl (C=O) groups is 2. The minimum absolute atomic E-state index is 0.0201. The molecule has 34 heavy (non-hydrogen) atoms. The van der Waals surface area contributed by atoms with Crippen LogP contribution in [0.2, 0.25) is 0 Å². The SMILES string of the molecule is CC(=O)N(c1nc(/C=C2\N=C(c3ccc(OC(F)F)cc3)OC2=O)cs1)c1cccc(C)c1C. The topological polar surface area (TPSA) is 81.1 Å². The van der Waals surface area contributed by atoms with Crippen LogP contribution in [0, 0.1) is 13.8 Å². The van der Waals surface area contributed by atoms with E-state index >= 15 is 0 Å². The number of alkyl halides is 2. The molecule has 2 aromatic carbocycles. The summed E-state index contributed by atoms with van der Waals surface area (Å²) >= 11 is 1.26. The largest absolute Gasteiger partial charge is 0.435 e. The molecule has 0 saturated carbocycles. The third kappa shape index (κ3) is 4.86. The lowest BCUT2D eigenvalue weighted by Gasteiger charge is -2.21. The normalized spacial score (nSPS) is 14.4. The van der Waals surface area contributed by atoms with Crippen LogP contribution in [0.4, 0.5) is 19.6 Å². The maximum Gasteiger partial charge on any atom is 0.387 e. The molecule has 0 spiro atoms. The fourth-order valence-electron chi connectivity index (χ4n) is 3.28. The standard InChI is InChI=1S/C24H19F2N3O4S/c1-13-5-4-6-20(14(13)2)29(15(3)30)24-27-17(12-34-24)11-19-22(31)33-21(28-19)16-7-9-18(10-8-16)32-23(25)26/h4-12,23H,1-3H3/b19-11-. The molecule has 174 valence electrons. The smallest absolute Gasteiger partial charge is 0.387 e. The first-order chi connectivity index (χ1) is 16.2. The van der Waals surface area contributed by atoms with Crippen LogP contribution in [0.5, 0.6) is 5.75 Å². The highest BCUT2D eigenvalue weighted by molar-refractivity contribution is 7.14. The van der Waals surface area contributed by atoms with Crippen molar-refractivity contribution in [2.75, 3.05) is 4.90 Å². The van der Waals surface area contributed by atoms with E-state index in [0.29, 0.717) is 16.4 Å². The van der Waals surface area contributed by atoms with Gasteiger partial charge in [0.05, 0.1) is 11.4 Å². The van der Waals surface area contributed by atoms with Crippen LogP contribution < -0.4 is 9.64 Å². The van der Waals surface area contributed by atoms with E-state index in [0.717, 1.165) is 16.8 Å². The number of aromatic nitrogens is 1. The molecule has 3 aromatic rings. The molecule has 7 nitrogen and oxygen atoms in total. The predicted octanol–water partition coefficient (Wildman–Crippen LogP) is 5.39. The number of aryl methyl sites for hydroxylation is 1. The van der Waals surface area contributed by atoms with Crippen molar-refractivity contribution < 1.29 is 27.8 Å². The van der Waals surface area contributed by atoms with Crippen LogP contribution in [0.3, 0.4) is 0 Å². The highest BCUT2D eigenvalue weighted by atomic mass is 32.1. The average Bonchev–Trinajstić information content (AvgIpc) is 3.38. The molecule has 0 bridgehead atoms. The maximum absolute atomic E-state index is 12.4.